The first-order valence-corrected chi connectivity index (χ1v) is 7.14. The Labute approximate surface area is 119 Å². The van der Waals surface area contributed by atoms with Gasteiger partial charge in [-0.2, -0.15) is 0 Å². The molecule has 4 nitrogen and oxygen atoms in total. The highest BCUT2D eigenvalue weighted by Gasteiger charge is 2.22. The molecular weight excluding hydrogens is 262 g/mol. The van der Waals surface area contributed by atoms with E-state index in [9.17, 15) is 0 Å². The Kier molecular flexibility index (Phi) is 4.31. The SMILES string of the molecule is Cc1c(Cl)nc(C(C)(C)C)nc1NC1CCOCC1. The molecule has 106 valence electrons. The van der Waals surface area contributed by atoms with Crippen molar-refractivity contribution in [2.45, 2.75) is 52.0 Å². The molecule has 0 spiro atoms. The van der Waals surface area contributed by atoms with E-state index in [1.807, 2.05) is 6.92 Å². The summed E-state index contributed by atoms with van der Waals surface area (Å²) < 4.78 is 5.37. The molecule has 1 aliphatic rings. The van der Waals surface area contributed by atoms with Crippen molar-refractivity contribution < 1.29 is 4.74 Å². The van der Waals surface area contributed by atoms with E-state index in [0.29, 0.717) is 11.2 Å². The summed E-state index contributed by atoms with van der Waals surface area (Å²) in [6.45, 7) is 9.84. The van der Waals surface area contributed by atoms with Gasteiger partial charge in [-0.3, -0.25) is 0 Å². The molecule has 19 heavy (non-hydrogen) atoms. The summed E-state index contributed by atoms with van der Waals surface area (Å²) in [7, 11) is 0. The van der Waals surface area contributed by atoms with Crippen LogP contribution in [0.2, 0.25) is 5.15 Å². The molecule has 1 aromatic rings. The number of hydrogen-bond donors (Lipinski definition) is 1. The average molecular weight is 284 g/mol. The van der Waals surface area contributed by atoms with Crippen molar-refractivity contribution in [3.05, 3.63) is 16.5 Å². The van der Waals surface area contributed by atoms with Crippen molar-refractivity contribution in [1.29, 1.82) is 0 Å². The van der Waals surface area contributed by atoms with E-state index in [-0.39, 0.29) is 5.41 Å². The Bertz CT molecular complexity index is 451. The summed E-state index contributed by atoms with van der Waals surface area (Å²) in [5.74, 6) is 1.63. The van der Waals surface area contributed by atoms with Crippen molar-refractivity contribution >= 4 is 17.4 Å². The summed E-state index contributed by atoms with van der Waals surface area (Å²) in [5.41, 5.74) is 0.810. The van der Waals surface area contributed by atoms with Gasteiger partial charge in [0.2, 0.25) is 0 Å². The van der Waals surface area contributed by atoms with Crippen LogP contribution in [0.25, 0.3) is 0 Å². The van der Waals surface area contributed by atoms with Gasteiger partial charge in [-0.1, -0.05) is 32.4 Å². The quantitative estimate of drug-likeness (QED) is 0.846. The standard InChI is InChI=1S/C14H22ClN3O/c1-9-11(15)17-13(14(2,3)4)18-12(9)16-10-5-7-19-8-6-10/h10H,5-8H2,1-4H3,(H,16,17,18). The van der Waals surface area contributed by atoms with E-state index in [4.69, 9.17) is 16.3 Å². The van der Waals surface area contributed by atoms with Crippen molar-refractivity contribution in [2.75, 3.05) is 18.5 Å². The zero-order valence-electron chi connectivity index (χ0n) is 12.1. The van der Waals surface area contributed by atoms with Gasteiger partial charge in [-0.05, 0) is 19.8 Å². The van der Waals surface area contributed by atoms with Crippen molar-refractivity contribution in [2.24, 2.45) is 0 Å². The maximum atomic E-state index is 6.23. The predicted octanol–water partition coefficient (Wildman–Crippen LogP) is 3.33. The van der Waals surface area contributed by atoms with Crippen LogP contribution < -0.4 is 5.32 Å². The van der Waals surface area contributed by atoms with E-state index < -0.39 is 0 Å². The molecule has 5 heteroatoms. The third-order valence-electron chi connectivity index (χ3n) is 3.32. The molecule has 1 aliphatic heterocycles. The van der Waals surface area contributed by atoms with Crippen molar-refractivity contribution in [1.82, 2.24) is 9.97 Å². The maximum absolute atomic E-state index is 6.23. The molecule has 0 amide bonds. The lowest BCUT2D eigenvalue weighted by Gasteiger charge is -2.26. The minimum atomic E-state index is -0.108. The smallest absolute Gasteiger partial charge is 0.137 e. The molecule has 2 rings (SSSR count). The van der Waals surface area contributed by atoms with Crippen LogP contribution in [0.15, 0.2) is 0 Å². The minimum absolute atomic E-state index is 0.108. The van der Waals surface area contributed by atoms with Crippen LogP contribution in [0.1, 0.15) is 45.0 Å². The number of anilines is 1. The topological polar surface area (TPSA) is 47.0 Å². The molecule has 0 atom stereocenters. The molecule has 0 aliphatic carbocycles. The van der Waals surface area contributed by atoms with Crippen LogP contribution in [0.5, 0.6) is 0 Å². The van der Waals surface area contributed by atoms with E-state index in [2.05, 4.69) is 36.1 Å². The van der Waals surface area contributed by atoms with Gasteiger partial charge in [0, 0.05) is 30.2 Å². The van der Waals surface area contributed by atoms with Crippen LogP contribution in [0.4, 0.5) is 5.82 Å². The van der Waals surface area contributed by atoms with Gasteiger partial charge < -0.3 is 10.1 Å². The van der Waals surface area contributed by atoms with Crippen molar-refractivity contribution in [3.8, 4) is 0 Å². The Morgan fingerprint density at radius 3 is 2.42 bits per heavy atom. The Morgan fingerprint density at radius 1 is 1.21 bits per heavy atom. The largest absolute Gasteiger partial charge is 0.381 e. The lowest BCUT2D eigenvalue weighted by molar-refractivity contribution is 0.0903. The summed E-state index contributed by atoms with van der Waals surface area (Å²) in [4.78, 5) is 9.04. The predicted molar refractivity (Wildman–Crippen MR) is 77.9 cm³/mol. The second-order valence-electron chi connectivity index (χ2n) is 6.09. The minimum Gasteiger partial charge on any atom is -0.381 e. The first kappa shape index (κ1) is 14.5. The van der Waals surface area contributed by atoms with Crippen LogP contribution in [0.3, 0.4) is 0 Å². The van der Waals surface area contributed by atoms with E-state index in [1.54, 1.807) is 0 Å². The highest BCUT2D eigenvalue weighted by molar-refractivity contribution is 6.30. The number of ether oxygens (including phenoxy) is 1. The number of rotatable bonds is 2. The van der Waals surface area contributed by atoms with Crippen LogP contribution in [-0.4, -0.2) is 29.2 Å². The van der Waals surface area contributed by atoms with Gasteiger partial charge in [-0.25, -0.2) is 9.97 Å². The van der Waals surface area contributed by atoms with Gasteiger partial charge in [-0.15, -0.1) is 0 Å². The molecule has 1 fully saturated rings. The van der Waals surface area contributed by atoms with Gasteiger partial charge in [0.25, 0.3) is 0 Å². The van der Waals surface area contributed by atoms with Gasteiger partial charge in [0.05, 0.1) is 0 Å². The first-order valence-electron chi connectivity index (χ1n) is 6.77. The monoisotopic (exact) mass is 283 g/mol. The number of nitrogens with zero attached hydrogens (tertiary/aromatic N) is 2. The number of nitrogens with one attached hydrogen (secondary N) is 1. The van der Waals surface area contributed by atoms with Crippen LogP contribution in [0, 0.1) is 6.92 Å². The normalized spacial score (nSPS) is 17.5. The fourth-order valence-corrected chi connectivity index (χ4v) is 2.17. The molecular formula is C14H22ClN3O. The fourth-order valence-electron chi connectivity index (χ4n) is 2.00. The average Bonchev–Trinajstić information content (AvgIpc) is 2.34. The second kappa shape index (κ2) is 5.63. The maximum Gasteiger partial charge on any atom is 0.137 e. The molecule has 0 unspecified atom stereocenters. The highest BCUT2D eigenvalue weighted by atomic mass is 35.5. The van der Waals surface area contributed by atoms with Crippen LogP contribution in [-0.2, 0) is 10.2 Å². The third kappa shape index (κ3) is 3.57. The Balaban J connectivity index is 2.25. The molecule has 1 saturated heterocycles. The number of hydrogen-bond acceptors (Lipinski definition) is 4. The zero-order valence-corrected chi connectivity index (χ0v) is 12.8. The summed E-state index contributed by atoms with van der Waals surface area (Å²) in [6.07, 6.45) is 2.01. The molecule has 0 radical (unpaired) electrons. The first-order chi connectivity index (χ1) is 8.88. The fraction of sp³-hybridized carbons (Fsp3) is 0.714. The Morgan fingerprint density at radius 2 is 1.84 bits per heavy atom. The molecule has 0 aromatic carbocycles. The van der Waals surface area contributed by atoms with Crippen LogP contribution >= 0.6 is 11.6 Å². The third-order valence-corrected chi connectivity index (χ3v) is 3.69. The van der Waals surface area contributed by atoms with Gasteiger partial charge in [0.1, 0.15) is 16.8 Å². The molecule has 1 N–H and O–H groups in total. The second-order valence-corrected chi connectivity index (χ2v) is 6.45. The molecule has 0 saturated carbocycles. The lowest BCUT2D eigenvalue weighted by Crippen LogP contribution is -2.29. The highest BCUT2D eigenvalue weighted by Crippen LogP contribution is 2.27. The summed E-state index contributed by atoms with van der Waals surface area (Å²) in [6, 6.07) is 0.409. The molecule has 1 aromatic heterocycles. The summed E-state index contributed by atoms with van der Waals surface area (Å²) in [5, 5.41) is 4.02. The van der Waals surface area contributed by atoms with E-state index >= 15 is 0 Å². The number of aromatic nitrogens is 2. The van der Waals surface area contributed by atoms with Crippen molar-refractivity contribution in [3.63, 3.8) is 0 Å². The zero-order chi connectivity index (χ0) is 14.0. The van der Waals surface area contributed by atoms with Gasteiger partial charge >= 0.3 is 0 Å². The Hall–Kier alpha value is -0.870. The lowest BCUT2D eigenvalue weighted by atomic mass is 9.95. The number of halogens is 1. The van der Waals surface area contributed by atoms with E-state index in [1.165, 1.54) is 0 Å². The summed E-state index contributed by atoms with van der Waals surface area (Å²) >= 11 is 6.23. The molecule has 0 bridgehead atoms. The van der Waals surface area contributed by atoms with E-state index in [0.717, 1.165) is 43.3 Å². The van der Waals surface area contributed by atoms with Gasteiger partial charge in [0.15, 0.2) is 0 Å². The molecule has 2 heterocycles.